The minimum Gasteiger partial charge on any atom is -0.478 e. The van der Waals surface area contributed by atoms with E-state index in [0.717, 1.165) is 12.4 Å². The highest BCUT2D eigenvalue weighted by Crippen LogP contribution is 1.96. The SMILES string of the molecule is NCCOC1=CC=CCN1. The molecule has 0 aromatic heterocycles. The van der Waals surface area contributed by atoms with Crippen molar-refractivity contribution in [1.29, 1.82) is 0 Å². The second kappa shape index (κ2) is 3.95. The second-order valence-corrected chi connectivity index (χ2v) is 1.98. The zero-order valence-corrected chi connectivity index (χ0v) is 5.84. The van der Waals surface area contributed by atoms with Gasteiger partial charge in [0.1, 0.15) is 6.61 Å². The summed E-state index contributed by atoms with van der Waals surface area (Å²) in [6, 6.07) is 0. The van der Waals surface area contributed by atoms with Gasteiger partial charge in [-0.25, -0.2) is 0 Å². The molecule has 0 aliphatic carbocycles. The van der Waals surface area contributed by atoms with Crippen molar-refractivity contribution < 1.29 is 4.74 Å². The molecule has 0 saturated heterocycles. The Morgan fingerprint density at radius 1 is 1.70 bits per heavy atom. The molecule has 1 heterocycles. The summed E-state index contributed by atoms with van der Waals surface area (Å²) in [4.78, 5) is 0. The fourth-order valence-corrected chi connectivity index (χ4v) is 0.710. The van der Waals surface area contributed by atoms with Crippen molar-refractivity contribution in [3.63, 3.8) is 0 Å². The first-order valence-corrected chi connectivity index (χ1v) is 3.37. The van der Waals surface area contributed by atoms with Crippen LogP contribution >= 0.6 is 0 Å². The lowest BCUT2D eigenvalue weighted by molar-refractivity contribution is 0.200. The van der Waals surface area contributed by atoms with Gasteiger partial charge in [-0.15, -0.1) is 0 Å². The summed E-state index contributed by atoms with van der Waals surface area (Å²) in [7, 11) is 0. The summed E-state index contributed by atoms with van der Waals surface area (Å²) in [5, 5.41) is 3.05. The van der Waals surface area contributed by atoms with Gasteiger partial charge in [0.25, 0.3) is 0 Å². The van der Waals surface area contributed by atoms with Crippen molar-refractivity contribution in [3.8, 4) is 0 Å². The molecule has 0 aromatic carbocycles. The van der Waals surface area contributed by atoms with Gasteiger partial charge in [-0.2, -0.15) is 0 Å². The molecule has 0 aromatic rings. The van der Waals surface area contributed by atoms with Crippen LogP contribution in [-0.4, -0.2) is 19.7 Å². The number of hydrogen-bond acceptors (Lipinski definition) is 3. The zero-order chi connectivity index (χ0) is 7.23. The van der Waals surface area contributed by atoms with Crippen LogP contribution in [0.1, 0.15) is 0 Å². The van der Waals surface area contributed by atoms with Crippen LogP contribution in [0.4, 0.5) is 0 Å². The summed E-state index contributed by atoms with van der Waals surface area (Å²) in [5.41, 5.74) is 5.25. The molecule has 0 radical (unpaired) electrons. The smallest absolute Gasteiger partial charge is 0.186 e. The summed E-state index contributed by atoms with van der Waals surface area (Å²) >= 11 is 0. The number of rotatable bonds is 3. The molecule has 0 unspecified atom stereocenters. The molecule has 3 N–H and O–H groups in total. The van der Waals surface area contributed by atoms with Crippen LogP contribution in [0.15, 0.2) is 24.1 Å². The lowest BCUT2D eigenvalue weighted by atomic mass is 10.4. The van der Waals surface area contributed by atoms with Crippen molar-refractivity contribution in [1.82, 2.24) is 5.32 Å². The Morgan fingerprint density at radius 3 is 3.20 bits per heavy atom. The van der Waals surface area contributed by atoms with Gasteiger partial charge in [0.05, 0.1) is 0 Å². The molecule has 0 amide bonds. The number of allylic oxidation sites excluding steroid dienone is 2. The molecule has 3 nitrogen and oxygen atoms in total. The van der Waals surface area contributed by atoms with E-state index in [0.29, 0.717) is 13.2 Å². The van der Waals surface area contributed by atoms with Gasteiger partial charge in [-0.1, -0.05) is 12.2 Å². The van der Waals surface area contributed by atoms with E-state index < -0.39 is 0 Å². The normalized spacial score (nSPS) is 15.9. The number of nitrogens with two attached hydrogens (primary N) is 1. The minimum absolute atomic E-state index is 0.558. The first-order valence-electron chi connectivity index (χ1n) is 3.37. The molecular weight excluding hydrogens is 128 g/mol. The molecule has 0 fully saturated rings. The highest BCUT2D eigenvalue weighted by molar-refractivity contribution is 5.12. The molecule has 0 bridgehead atoms. The van der Waals surface area contributed by atoms with E-state index in [1.165, 1.54) is 0 Å². The summed E-state index contributed by atoms with van der Waals surface area (Å²) in [6.07, 6.45) is 5.87. The summed E-state index contributed by atoms with van der Waals surface area (Å²) in [6.45, 7) is 1.98. The summed E-state index contributed by atoms with van der Waals surface area (Å²) in [5.74, 6) is 0.813. The molecule has 1 aliphatic heterocycles. The van der Waals surface area contributed by atoms with E-state index in [1.54, 1.807) is 0 Å². The molecule has 3 heteroatoms. The largest absolute Gasteiger partial charge is 0.478 e. The molecule has 1 rings (SSSR count). The van der Waals surface area contributed by atoms with E-state index in [1.807, 2.05) is 18.2 Å². The second-order valence-electron chi connectivity index (χ2n) is 1.98. The monoisotopic (exact) mass is 140 g/mol. The molecule has 1 aliphatic rings. The van der Waals surface area contributed by atoms with Crippen molar-refractivity contribution in [3.05, 3.63) is 24.1 Å². The van der Waals surface area contributed by atoms with E-state index in [2.05, 4.69) is 5.32 Å². The highest BCUT2D eigenvalue weighted by atomic mass is 16.5. The quantitative estimate of drug-likeness (QED) is 0.578. The Hall–Kier alpha value is -0.960. The Labute approximate surface area is 60.5 Å². The van der Waals surface area contributed by atoms with Crippen LogP contribution in [0, 0.1) is 0 Å². The maximum Gasteiger partial charge on any atom is 0.186 e. The molecule has 0 spiro atoms. The lowest BCUT2D eigenvalue weighted by Gasteiger charge is -2.11. The predicted octanol–water partition coefficient (Wildman–Crippen LogP) is -0.0375. The summed E-state index contributed by atoms with van der Waals surface area (Å²) < 4.78 is 5.21. The Kier molecular flexibility index (Phi) is 2.83. The van der Waals surface area contributed by atoms with Gasteiger partial charge in [0.2, 0.25) is 0 Å². The number of ether oxygens (including phenoxy) is 1. The van der Waals surface area contributed by atoms with Gasteiger partial charge >= 0.3 is 0 Å². The van der Waals surface area contributed by atoms with E-state index >= 15 is 0 Å². The van der Waals surface area contributed by atoms with Crippen LogP contribution in [-0.2, 0) is 4.74 Å². The number of hydrogen-bond donors (Lipinski definition) is 2. The first kappa shape index (κ1) is 7.15. The van der Waals surface area contributed by atoms with E-state index in [9.17, 15) is 0 Å². The third-order valence-corrected chi connectivity index (χ3v) is 1.15. The number of nitrogens with one attached hydrogen (secondary N) is 1. The van der Waals surface area contributed by atoms with E-state index in [-0.39, 0.29) is 0 Å². The van der Waals surface area contributed by atoms with Crippen LogP contribution in [0.5, 0.6) is 0 Å². The molecular formula is C7H12N2O. The van der Waals surface area contributed by atoms with Gasteiger partial charge in [0, 0.05) is 13.1 Å². The van der Waals surface area contributed by atoms with Crippen molar-refractivity contribution in [2.45, 2.75) is 0 Å². The van der Waals surface area contributed by atoms with Gasteiger partial charge in [-0.3, -0.25) is 0 Å². The van der Waals surface area contributed by atoms with Gasteiger partial charge in [-0.05, 0) is 6.08 Å². The Morgan fingerprint density at radius 2 is 2.60 bits per heavy atom. The third kappa shape index (κ3) is 2.11. The fourth-order valence-electron chi connectivity index (χ4n) is 0.710. The van der Waals surface area contributed by atoms with Crippen LogP contribution in [0.2, 0.25) is 0 Å². The van der Waals surface area contributed by atoms with Crippen molar-refractivity contribution in [2.24, 2.45) is 5.73 Å². The van der Waals surface area contributed by atoms with E-state index in [4.69, 9.17) is 10.5 Å². The number of dihydropyridines is 1. The van der Waals surface area contributed by atoms with Crippen LogP contribution in [0.3, 0.4) is 0 Å². The predicted molar refractivity (Wildman–Crippen MR) is 40.2 cm³/mol. The maximum absolute atomic E-state index is 5.25. The highest BCUT2D eigenvalue weighted by Gasteiger charge is 1.95. The standard InChI is InChI=1S/C7H12N2O/c8-4-6-10-7-3-1-2-5-9-7/h1-3,9H,4-6,8H2. The van der Waals surface area contributed by atoms with Gasteiger partial charge in [0.15, 0.2) is 5.88 Å². The topological polar surface area (TPSA) is 47.3 Å². The average molecular weight is 140 g/mol. The van der Waals surface area contributed by atoms with Crippen LogP contribution < -0.4 is 11.1 Å². The molecule has 56 valence electrons. The third-order valence-electron chi connectivity index (χ3n) is 1.15. The first-order chi connectivity index (χ1) is 4.93. The molecule has 0 atom stereocenters. The average Bonchev–Trinajstić information content (AvgIpc) is 2.03. The van der Waals surface area contributed by atoms with Crippen molar-refractivity contribution >= 4 is 0 Å². The fraction of sp³-hybridized carbons (Fsp3) is 0.429. The lowest BCUT2D eigenvalue weighted by Crippen LogP contribution is -2.20. The molecule has 0 saturated carbocycles. The zero-order valence-electron chi connectivity index (χ0n) is 5.84. The van der Waals surface area contributed by atoms with Gasteiger partial charge < -0.3 is 15.8 Å². The molecule has 10 heavy (non-hydrogen) atoms. The Balaban J connectivity index is 2.25. The van der Waals surface area contributed by atoms with Crippen LogP contribution in [0.25, 0.3) is 0 Å². The minimum atomic E-state index is 0.558. The maximum atomic E-state index is 5.25. The van der Waals surface area contributed by atoms with Crippen molar-refractivity contribution in [2.75, 3.05) is 19.7 Å². The Bertz CT molecular complexity index is 152.